The summed E-state index contributed by atoms with van der Waals surface area (Å²) in [5, 5.41) is 10.3. The molecule has 0 amide bonds. The van der Waals surface area contributed by atoms with E-state index in [0.29, 0.717) is 13.1 Å². The zero-order valence-electron chi connectivity index (χ0n) is 10.1. The Morgan fingerprint density at radius 2 is 1.94 bits per heavy atom. The number of carbonyl (C=O) groups is 1. The van der Waals surface area contributed by atoms with Crippen molar-refractivity contribution in [1.82, 2.24) is 0 Å². The first-order valence-corrected chi connectivity index (χ1v) is 5.77. The van der Waals surface area contributed by atoms with E-state index in [2.05, 4.69) is 11.7 Å². The molecule has 0 atom stereocenters. The van der Waals surface area contributed by atoms with Gasteiger partial charge >= 0.3 is 0 Å². The highest BCUT2D eigenvalue weighted by Gasteiger charge is 2.36. The van der Waals surface area contributed by atoms with E-state index in [1.807, 2.05) is 0 Å². The molecule has 1 fully saturated rings. The van der Waals surface area contributed by atoms with Crippen molar-refractivity contribution >= 4 is 6.47 Å². The van der Waals surface area contributed by atoms with Crippen LogP contribution in [0.15, 0.2) is 0 Å². The highest BCUT2D eigenvalue weighted by molar-refractivity contribution is 5.36. The second kappa shape index (κ2) is 8.07. The van der Waals surface area contributed by atoms with Crippen LogP contribution in [0.5, 0.6) is 0 Å². The minimum atomic E-state index is -0.158. The van der Waals surface area contributed by atoms with Gasteiger partial charge < -0.3 is 4.74 Å². The van der Waals surface area contributed by atoms with Crippen molar-refractivity contribution in [3.8, 4) is 0 Å². The molecule has 0 aliphatic heterocycles. The first-order chi connectivity index (χ1) is 7.60. The predicted octanol–water partition coefficient (Wildman–Crippen LogP) is 2.41. The smallest absolute Gasteiger partial charge is 0.293 e. The second-order valence-corrected chi connectivity index (χ2v) is 4.10. The van der Waals surface area contributed by atoms with Crippen LogP contribution in [0.3, 0.4) is 0 Å². The molecule has 0 heterocycles. The molecular weight excluding hydrogens is 210 g/mol. The number of nitrogens with zero attached hydrogens (tertiary/aromatic N) is 1. The predicted molar refractivity (Wildman–Crippen MR) is 60.7 cm³/mol. The second-order valence-electron chi connectivity index (χ2n) is 4.10. The van der Waals surface area contributed by atoms with E-state index in [1.165, 1.54) is 12.8 Å². The molecule has 0 aromatic heterocycles. The molecule has 0 bridgehead atoms. The van der Waals surface area contributed by atoms with Gasteiger partial charge in [-0.2, -0.15) is 0 Å². The van der Waals surface area contributed by atoms with Crippen molar-refractivity contribution in [2.24, 2.45) is 5.41 Å². The third-order valence-electron chi connectivity index (χ3n) is 3.11. The van der Waals surface area contributed by atoms with Gasteiger partial charge in [0.15, 0.2) is 0 Å². The largest absolute Gasteiger partial charge is 0.468 e. The topological polar surface area (TPSA) is 69.4 Å². The maximum atomic E-state index is 10.3. The zero-order chi connectivity index (χ0) is 12.4. The zero-order valence-corrected chi connectivity index (χ0v) is 10.1. The van der Waals surface area contributed by atoms with Crippen LogP contribution in [0, 0.1) is 15.5 Å². The lowest BCUT2D eigenvalue weighted by molar-refractivity contribution is -0.497. The normalized spacial score (nSPS) is 17.1. The standard InChI is InChI=1S/C8H15NO2.C3H6O2/c1-2-8(7-9(10)11)5-3-4-6-8;1-2-5-3-4/h2-7H2,1H3;3H,2H2,1H3. The molecule has 0 N–H and O–H groups in total. The highest BCUT2D eigenvalue weighted by Crippen LogP contribution is 2.40. The van der Waals surface area contributed by atoms with Crippen LogP contribution < -0.4 is 0 Å². The fourth-order valence-electron chi connectivity index (χ4n) is 2.09. The van der Waals surface area contributed by atoms with Crippen molar-refractivity contribution in [2.75, 3.05) is 13.2 Å². The Labute approximate surface area is 96.3 Å². The van der Waals surface area contributed by atoms with E-state index in [1.54, 1.807) is 6.92 Å². The molecule has 16 heavy (non-hydrogen) atoms. The Morgan fingerprint density at radius 3 is 2.19 bits per heavy atom. The molecule has 1 saturated carbocycles. The molecule has 1 rings (SSSR count). The Bertz CT molecular complexity index is 212. The van der Waals surface area contributed by atoms with E-state index >= 15 is 0 Å². The van der Waals surface area contributed by atoms with Gasteiger partial charge in [-0.1, -0.05) is 19.8 Å². The monoisotopic (exact) mass is 231 g/mol. The van der Waals surface area contributed by atoms with E-state index in [9.17, 15) is 14.9 Å². The molecule has 0 unspecified atom stereocenters. The van der Waals surface area contributed by atoms with Gasteiger partial charge in [0.05, 0.1) is 6.61 Å². The molecular formula is C11H21NO4. The summed E-state index contributed by atoms with van der Waals surface area (Å²) in [4.78, 5) is 19.3. The van der Waals surface area contributed by atoms with Crippen LogP contribution in [0.25, 0.3) is 0 Å². The van der Waals surface area contributed by atoms with Crippen LogP contribution in [0.2, 0.25) is 0 Å². The average molecular weight is 231 g/mol. The van der Waals surface area contributed by atoms with Crippen LogP contribution >= 0.6 is 0 Å². The molecule has 1 aliphatic carbocycles. The summed E-state index contributed by atoms with van der Waals surface area (Å²) >= 11 is 0. The van der Waals surface area contributed by atoms with E-state index in [4.69, 9.17) is 0 Å². The third kappa shape index (κ3) is 5.68. The van der Waals surface area contributed by atoms with Gasteiger partial charge in [-0.3, -0.25) is 14.9 Å². The lowest BCUT2D eigenvalue weighted by Gasteiger charge is -2.21. The number of nitro groups is 1. The molecule has 0 saturated heterocycles. The number of rotatable bonds is 5. The summed E-state index contributed by atoms with van der Waals surface area (Å²) in [6.07, 6.45) is 5.45. The van der Waals surface area contributed by atoms with E-state index in [0.717, 1.165) is 19.3 Å². The highest BCUT2D eigenvalue weighted by atomic mass is 16.6. The molecule has 0 aromatic carbocycles. The molecule has 94 valence electrons. The summed E-state index contributed by atoms with van der Waals surface area (Å²) in [5.41, 5.74) is 0.0590. The number of hydrogen-bond acceptors (Lipinski definition) is 4. The molecule has 5 heteroatoms. The fourth-order valence-corrected chi connectivity index (χ4v) is 2.09. The van der Waals surface area contributed by atoms with Gasteiger partial charge in [-0.25, -0.2) is 0 Å². The first-order valence-electron chi connectivity index (χ1n) is 5.77. The van der Waals surface area contributed by atoms with Crippen molar-refractivity contribution < 1.29 is 14.5 Å². The van der Waals surface area contributed by atoms with Crippen LogP contribution in [0.4, 0.5) is 0 Å². The van der Waals surface area contributed by atoms with E-state index < -0.39 is 0 Å². The van der Waals surface area contributed by atoms with Crippen LogP contribution in [0.1, 0.15) is 46.0 Å². The number of hydrogen-bond donors (Lipinski definition) is 0. The maximum Gasteiger partial charge on any atom is 0.293 e. The van der Waals surface area contributed by atoms with Crippen LogP contribution in [-0.4, -0.2) is 24.5 Å². The lowest BCUT2D eigenvalue weighted by Crippen LogP contribution is -2.25. The number of ether oxygens (including phenoxy) is 1. The van der Waals surface area contributed by atoms with Crippen molar-refractivity contribution in [3.05, 3.63) is 10.1 Å². The van der Waals surface area contributed by atoms with E-state index in [-0.39, 0.29) is 16.9 Å². The minimum Gasteiger partial charge on any atom is -0.468 e. The lowest BCUT2D eigenvalue weighted by atomic mass is 9.84. The summed E-state index contributed by atoms with van der Waals surface area (Å²) in [6, 6.07) is 0. The summed E-state index contributed by atoms with van der Waals surface area (Å²) in [5.74, 6) is 0. The Morgan fingerprint density at radius 1 is 1.38 bits per heavy atom. The molecule has 0 spiro atoms. The van der Waals surface area contributed by atoms with Crippen molar-refractivity contribution in [2.45, 2.75) is 46.0 Å². The fraction of sp³-hybridized carbons (Fsp3) is 0.909. The quantitative estimate of drug-likeness (QED) is 0.414. The first kappa shape index (κ1) is 14.9. The van der Waals surface area contributed by atoms with Crippen LogP contribution in [-0.2, 0) is 9.53 Å². The minimum absolute atomic E-state index is 0.0590. The molecule has 1 aliphatic rings. The Balaban J connectivity index is 0.000000385. The van der Waals surface area contributed by atoms with Gasteiger partial charge in [0.1, 0.15) is 0 Å². The Hall–Kier alpha value is -1.13. The summed E-state index contributed by atoms with van der Waals surface area (Å²) < 4.78 is 4.15. The Kier molecular flexibility index (Phi) is 7.50. The summed E-state index contributed by atoms with van der Waals surface area (Å²) in [6.45, 7) is 4.91. The van der Waals surface area contributed by atoms with Gasteiger partial charge in [-0.15, -0.1) is 0 Å². The third-order valence-corrected chi connectivity index (χ3v) is 3.11. The van der Waals surface area contributed by atoms with Gasteiger partial charge in [0, 0.05) is 10.3 Å². The SMILES string of the molecule is CCC1(C[N+](=O)[O-])CCCC1.CCOC=O. The van der Waals surface area contributed by atoms with Crippen molar-refractivity contribution in [3.63, 3.8) is 0 Å². The number of carbonyl (C=O) groups excluding carboxylic acids is 1. The molecule has 5 nitrogen and oxygen atoms in total. The average Bonchev–Trinajstić information content (AvgIpc) is 2.68. The summed E-state index contributed by atoms with van der Waals surface area (Å²) in [7, 11) is 0. The maximum absolute atomic E-state index is 10.3. The molecule has 0 aromatic rings. The van der Waals surface area contributed by atoms with Gasteiger partial charge in [0.2, 0.25) is 6.54 Å². The van der Waals surface area contributed by atoms with Gasteiger partial charge in [-0.05, 0) is 26.2 Å². The van der Waals surface area contributed by atoms with Crippen molar-refractivity contribution in [1.29, 1.82) is 0 Å². The van der Waals surface area contributed by atoms with Gasteiger partial charge in [0.25, 0.3) is 6.47 Å². The molecule has 0 radical (unpaired) electrons.